The topological polar surface area (TPSA) is 78.3 Å². The molecule has 1 saturated carbocycles. The van der Waals surface area contributed by atoms with Gasteiger partial charge in [0, 0.05) is 12.7 Å². The van der Waals surface area contributed by atoms with E-state index in [0.29, 0.717) is 36.9 Å². The highest BCUT2D eigenvalue weighted by Gasteiger charge is 2.33. The van der Waals surface area contributed by atoms with Crippen molar-refractivity contribution in [1.82, 2.24) is 14.8 Å². The third kappa shape index (κ3) is 4.93. The van der Waals surface area contributed by atoms with Crippen molar-refractivity contribution in [3.63, 3.8) is 0 Å². The van der Waals surface area contributed by atoms with Gasteiger partial charge < -0.3 is 14.8 Å². The lowest BCUT2D eigenvalue weighted by atomic mass is 9.99. The van der Waals surface area contributed by atoms with Crippen molar-refractivity contribution in [2.45, 2.75) is 44.2 Å². The minimum absolute atomic E-state index is 0.00670. The molecule has 1 aliphatic carbocycles. The standard InChI is InChI=1S/C25H26ClFN4O3/c1-16-3-7-19(17-4-5-17)21(11-16)34-22-8-6-18(12-28-22)31-24(32)23(26)20(13-30-31)29-14-25(27)9-2-10-33-15-25/h3,6-8,11-13,17,29H,2,4-5,9-10,14-15H2,1H3/t25-/m0/s1. The quantitative estimate of drug-likeness (QED) is 0.497. The lowest BCUT2D eigenvalue weighted by Gasteiger charge is -2.29. The molecule has 3 heterocycles. The summed E-state index contributed by atoms with van der Waals surface area (Å²) in [6.07, 6.45) is 6.32. The van der Waals surface area contributed by atoms with Gasteiger partial charge in [-0.1, -0.05) is 23.7 Å². The number of anilines is 1. The summed E-state index contributed by atoms with van der Waals surface area (Å²) in [6, 6.07) is 9.61. The molecule has 0 radical (unpaired) electrons. The number of nitrogens with zero attached hydrogens (tertiary/aromatic N) is 3. The fourth-order valence-corrected chi connectivity index (χ4v) is 4.28. The Bertz CT molecular complexity index is 1240. The molecule has 2 fully saturated rings. The molecule has 0 amide bonds. The number of benzene rings is 1. The Kier molecular flexibility index (Phi) is 6.27. The molecule has 0 unspecified atom stereocenters. The maximum atomic E-state index is 14.8. The summed E-state index contributed by atoms with van der Waals surface area (Å²) in [4.78, 5) is 17.2. The molecular formula is C25H26ClFN4O3. The second kappa shape index (κ2) is 9.35. The molecule has 178 valence electrons. The highest BCUT2D eigenvalue weighted by molar-refractivity contribution is 6.32. The second-order valence-electron chi connectivity index (χ2n) is 9.02. The van der Waals surface area contributed by atoms with Crippen LogP contribution in [0.25, 0.3) is 5.69 Å². The van der Waals surface area contributed by atoms with E-state index in [1.54, 1.807) is 12.1 Å². The van der Waals surface area contributed by atoms with E-state index in [1.165, 1.54) is 30.8 Å². The number of pyridine rings is 1. The molecule has 0 spiro atoms. The second-order valence-corrected chi connectivity index (χ2v) is 9.40. The number of halogens is 2. The van der Waals surface area contributed by atoms with Gasteiger partial charge in [-0.15, -0.1) is 0 Å². The van der Waals surface area contributed by atoms with Gasteiger partial charge in [-0.3, -0.25) is 4.79 Å². The van der Waals surface area contributed by atoms with Gasteiger partial charge in [-0.25, -0.2) is 9.37 Å². The van der Waals surface area contributed by atoms with Crippen LogP contribution in [0.1, 0.15) is 42.7 Å². The number of rotatable bonds is 7. The molecular weight excluding hydrogens is 459 g/mol. The van der Waals surface area contributed by atoms with Gasteiger partial charge in [0.2, 0.25) is 5.88 Å². The predicted molar refractivity (Wildman–Crippen MR) is 128 cm³/mol. The van der Waals surface area contributed by atoms with Crippen LogP contribution < -0.4 is 15.6 Å². The Balaban J connectivity index is 1.31. The first-order valence-corrected chi connectivity index (χ1v) is 11.8. The summed E-state index contributed by atoms with van der Waals surface area (Å²) >= 11 is 6.28. The molecule has 1 saturated heterocycles. The molecule has 1 aliphatic heterocycles. The van der Waals surface area contributed by atoms with Crippen LogP contribution in [-0.2, 0) is 4.74 Å². The van der Waals surface area contributed by atoms with Crippen LogP contribution in [0.3, 0.4) is 0 Å². The Morgan fingerprint density at radius 1 is 1.29 bits per heavy atom. The summed E-state index contributed by atoms with van der Waals surface area (Å²) in [5, 5.41) is 7.03. The van der Waals surface area contributed by atoms with E-state index >= 15 is 0 Å². The van der Waals surface area contributed by atoms with E-state index < -0.39 is 11.2 Å². The fraction of sp³-hybridized carbons (Fsp3) is 0.400. The largest absolute Gasteiger partial charge is 0.439 e. The van der Waals surface area contributed by atoms with E-state index in [0.717, 1.165) is 16.0 Å². The van der Waals surface area contributed by atoms with Crippen molar-refractivity contribution in [1.29, 1.82) is 0 Å². The van der Waals surface area contributed by atoms with Crippen molar-refractivity contribution in [3.05, 3.63) is 69.2 Å². The first-order chi connectivity index (χ1) is 16.4. The number of aryl methyl sites for hydroxylation is 1. The van der Waals surface area contributed by atoms with Gasteiger partial charge in [-0.2, -0.15) is 9.78 Å². The molecule has 1 atom stereocenters. The zero-order chi connectivity index (χ0) is 23.7. The van der Waals surface area contributed by atoms with E-state index in [1.807, 2.05) is 13.0 Å². The molecule has 3 aromatic rings. The van der Waals surface area contributed by atoms with Crippen molar-refractivity contribution >= 4 is 17.3 Å². The molecule has 34 heavy (non-hydrogen) atoms. The first kappa shape index (κ1) is 22.8. The normalized spacial score (nSPS) is 20.2. The molecule has 1 N–H and O–H groups in total. The van der Waals surface area contributed by atoms with Gasteiger partial charge in [0.15, 0.2) is 5.67 Å². The van der Waals surface area contributed by atoms with Gasteiger partial charge in [-0.05, 0) is 61.8 Å². The van der Waals surface area contributed by atoms with Crippen LogP contribution >= 0.6 is 11.6 Å². The van der Waals surface area contributed by atoms with E-state index in [9.17, 15) is 9.18 Å². The van der Waals surface area contributed by atoms with E-state index in [4.69, 9.17) is 21.1 Å². The van der Waals surface area contributed by atoms with Crippen LogP contribution in [0.2, 0.25) is 5.02 Å². The van der Waals surface area contributed by atoms with Crippen LogP contribution in [0.15, 0.2) is 47.5 Å². The van der Waals surface area contributed by atoms with Crippen molar-refractivity contribution < 1.29 is 13.9 Å². The average molecular weight is 485 g/mol. The smallest absolute Gasteiger partial charge is 0.292 e. The zero-order valence-corrected chi connectivity index (χ0v) is 19.6. The van der Waals surface area contributed by atoms with Gasteiger partial charge in [0.1, 0.15) is 10.8 Å². The third-order valence-corrected chi connectivity index (χ3v) is 6.52. The van der Waals surface area contributed by atoms with Gasteiger partial charge in [0.05, 0.1) is 36.9 Å². The summed E-state index contributed by atoms with van der Waals surface area (Å²) in [7, 11) is 0. The van der Waals surface area contributed by atoms with Gasteiger partial charge in [0.25, 0.3) is 5.56 Å². The molecule has 0 bridgehead atoms. The molecule has 2 aromatic heterocycles. The average Bonchev–Trinajstić information content (AvgIpc) is 3.67. The maximum Gasteiger partial charge on any atom is 0.292 e. The molecule has 2 aliphatic rings. The number of ether oxygens (including phenoxy) is 2. The SMILES string of the molecule is Cc1ccc(C2CC2)c(Oc2ccc(-n3ncc(NC[C@@]4(F)CCCOC4)c(Cl)c3=O)cn2)c1. The molecule has 1 aromatic carbocycles. The number of aromatic nitrogens is 3. The highest BCUT2D eigenvalue weighted by atomic mass is 35.5. The Hall–Kier alpha value is -2.97. The first-order valence-electron chi connectivity index (χ1n) is 11.5. The van der Waals surface area contributed by atoms with E-state index in [-0.39, 0.29) is 23.9 Å². The van der Waals surface area contributed by atoms with E-state index in [2.05, 4.69) is 27.5 Å². The minimum Gasteiger partial charge on any atom is -0.439 e. The summed E-state index contributed by atoms with van der Waals surface area (Å²) in [5.74, 6) is 1.78. The van der Waals surface area contributed by atoms with Crippen LogP contribution in [0.4, 0.5) is 10.1 Å². The maximum absolute atomic E-state index is 14.8. The highest BCUT2D eigenvalue weighted by Crippen LogP contribution is 2.45. The fourth-order valence-electron chi connectivity index (χ4n) is 4.08. The zero-order valence-electron chi connectivity index (χ0n) is 18.9. The molecule has 9 heteroatoms. The molecule has 5 rings (SSSR count). The summed E-state index contributed by atoms with van der Waals surface area (Å²) < 4.78 is 27.2. The van der Waals surface area contributed by atoms with Gasteiger partial charge >= 0.3 is 0 Å². The number of hydrogen-bond acceptors (Lipinski definition) is 6. The number of nitrogens with one attached hydrogen (secondary N) is 1. The molecule has 7 nitrogen and oxygen atoms in total. The lowest BCUT2D eigenvalue weighted by molar-refractivity contribution is -0.0234. The minimum atomic E-state index is -1.49. The number of alkyl halides is 1. The van der Waals surface area contributed by atoms with Crippen molar-refractivity contribution in [2.75, 3.05) is 25.1 Å². The van der Waals surface area contributed by atoms with Crippen LogP contribution in [0.5, 0.6) is 11.6 Å². The summed E-state index contributed by atoms with van der Waals surface area (Å²) in [5.41, 5.74) is 1.02. The van der Waals surface area contributed by atoms with Crippen molar-refractivity contribution in [2.24, 2.45) is 0 Å². The predicted octanol–water partition coefficient (Wildman–Crippen LogP) is 5.19. The monoisotopic (exact) mass is 484 g/mol. The Morgan fingerprint density at radius 2 is 2.15 bits per heavy atom. The summed E-state index contributed by atoms with van der Waals surface area (Å²) in [6.45, 7) is 2.60. The number of hydrogen-bond donors (Lipinski definition) is 1. The Labute approximate surface area is 201 Å². The van der Waals surface area contributed by atoms with Crippen LogP contribution in [0, 0.1) is 6.92 Å². The Morgan fingerprint density at radius 3 is 2.85 bits per heavy atom. The lowest BCUT2D eigenvalue weighted by Crippen LogP contribution is -2.40. The van der Waals surface area contributed by atoms with Crippen molar-refractivity contribution in [3.8, 4) is 17.3 Å². The third-order valence-electron chi connectivity index (χ3n) is 6.15. The van der Waals surface area contributed by atoms with Crippen LogP contribution in [-0.4, -0.2) is 40.2 Å².